The lowest BCUT2D eigenvalue weighted by molar-refractivity contribution is 0.0983. The average Bonchev–Trinajstić information content (AvgIpc) is 2.29. The standard InChI is InChI=1S/C8H8N2O2/c11-7-2-1-5-12-8-6(7)3-4-9-10-8/h3-4H,1-2,5H2. The van der Waals surface area contributed by atoms with Crippen molar-refractivity contribution in [1.29, 1.82) is 0 Å². The minimum Gasteiger partial charge on any atom is -0.476 e. The Morgan fingerprint density at radius 2 is 2.42 bits per heavy atom. The fourth-order valence-electron chi connectivity index (χ4n) is 1.17. The lowest BCUT2D eigenvalue weighted by atomic mass is 10.1. The molecule has 1 aliphatic heterocycles. The minimum atomic E-state index is 0.0948. The Kier molecular flexibility index (Phi) is 1.74. The van der Waals surface area contributed by atoms with E-state index in [1.54, 1.807) is 6.07 Å². The molecule has 4 heteroatoms. The molecule has 0 saturated heterocycles. The van der Waals surface area contributed by atoms with Crippen LogP contribution in [0.1, 0.15) is 23.2 Å². The second kappa shape index (κ2) is 2.89. The summed E-state index contributed by atoms with van der Waals surface area (Å²) in [4.78, 5) is 11.4. The van der Waals surface area contributed by atoms with Crippen molar-refractivity contribution in [3.8, 4) is 5.88 Å². The maximum atomic E-state index is 11.4. The van der Waals surface area contributed by atoms with Crippen molar-refractivity contribution in [3.63, 3.8) is 0 Å². The van der Waals surface area contributed by atoms with Crippen LogP contribution in [0.5, 0.6) is 5.88 Å². The molecule has 1 aliphatic rings. The molecule has 0 saturated carbocycles. The van der Waals surface area contributed by atoms with Crippen molar-refractivity contribution in [2.75, 3.05) is 6.61 Å². The molecule has 0 aliphatic carbocycles. The molecule has 2 rings (SSSR count). The van der Waals surface area contributed by atoms with Crippen molar-refractivity contribution in [2.24, 2.45) is 0 Å². The van der Waals surface area contributed by atoms with Crippen LogP contribution in [0.25, 0.3) is 0 Å². The van der Waals surface area contributed by atoms with Gasteiger partial charge in [0.05, 0.1) is 18.4 Å². The number of hydrogen-bond acceptors (Lipinski definition) is 4. The maximum Gasteiger partial charge on any atom is 0.244 e. The lowest BCUT2D eigenvalue weighted by Crippen LogP contribution is -2.00. The van der Waals surface area contributed by atoms with Gasteiger partial charge in [-0.25, -0.2) is 0 Å². The number of carbonyl (C=O) groups excluding carboxylic acids is 1. The van der Waals surface area contributed by atoms with Crippen molar-refractivity contribution >= 4 is 5.78 Å². The first kappa shape index (κ1) is 7.21. The average molecular weight is 164 g/mol. The van der Waals surface area contributed by atoms with E-state index in [0.29, 0.717) is 24.5 Å². The molecule has 2 heterocycles. The van der Waals surface area contributed by atoms with Crippen LogP contribution in [0.3, 0.4) is 0 Å². The second-order valence-corrected chi connectivity index (χ2v) is 2.63. The predicted octanol–water partition coefficient (Wildman–Crippen LogP) is 0.832. The predicted molar refractivity (Wildman–Crippen MR) is 41.1 cm³/mol. The van der Waals surface area contributed by atoms with Crippen LogP contribution in [0, 0.1) is 0 Å². The Hall–Kier alpha value is -1.45. The number of nitrogens with zero attached hydrogens (tertiary/aromatic N) is 2. The van der Waals surface area contributed by atoms with E-state index in [4.69, 9.17) is 4.74 Å². The summed E-state index contributed by atoms with van der Waals surface area (Å²) >= 11 is 0. The van der Waals surface area contributed by atoms with E-state index in [0.717, 1.165) is 6.42 Å². The first-order chi connectivity index (χ1) is 5.88. The normalized spacial score (nSPS) is 16.2. The topological polar surface area (TPSA) is 52.1 Å². The van der Waals surface area contributed by atoms with Crippen LogP contribution in [0.15, 0.2) is 12.3 Å². The summed E-state index contributed by atoms with van der Waals surface area (Å²) in [6.45, 7) is 0.553. The third-order valence-electron chi connectivity index (χ3n) is 1.77. The van der Waals surface area contributed by atoms with Gasteiger partial charge >= 0.3 is 0 Å². The smallest absolute Gasteiger partial charge is 0.244 e. The lowest BCUT2D eigenvalue weighted by Gasteiger charge is -2.00. The molecule has 62 valence electrons. The number of hydrogen-bond donors (Lipinski definition) is 0. The number of aromatic nitrogens is 2. The summed E-state index contributed by atoms with van der Waals surface area (Å²) in [5.74, 6) is 0.470. The highest BCUT2D eigenvalue weighted by atomic mass is 16.5. The van der Waals surface area contributed by atoms with E-state index in [9.17, 15) is 4.79 Å². The fourth-order valence-corrected chi connectivity index (χ4v) is 1.17. The molecule has 0 N–H and O–H groups in total. The van der Waals surface area contributed by atoms with Gasteiger partial charge in [-0.05, 0) is 12.5 Å². The summed E-state index contributed by atoms with van der Waals surface area (Å²) < 4.78 is 5.22. The van der Waals surface area contributed by atoms with E-state index >= 15 is 0 Å². The zero-order valence-corrected chi connectivity index (χ0v) is 6.49. The monoisotopic (exact) mass is 164 g/mol. The van der Waals surface area contributed by atoms with Crippen molar-refractivity contribution in [2.45, 2.75) is 12.8 Å². The fraction of sp³-hybridized carbons (Fsp3) is 0.375. The highest BCUT2D eigenvalue weighted by Crippen LogP contribution is 2.19. The van der Waals surface area contributed by atoms with Gasteiger partial charge in [-0.1, -0.05) is 0 Å². The van der Waals surface area contributed by atoms with Gasteiger partial charge in [0.25, 0.3) is 0 Å². The van der Waals surface area contributed by atoms with Gasteiger partial charge in [0, 0.05) is 6.42 Å². The molecule has 0 unspecified atom stereocenters. The summed E-state index contributed by atoms with van der Waals surface area (Å²) in [5.41, 5.74) is 0.558. The molecule has 0 amide bonds. The molecular weight excluding hydrogens is 156 g/mol. The minimum absolute atomic E-state index is 0.0948. The quantitative estimate of drug-likeness (QED) is 0.570. The van der Waals surface area contributed by atoms with Crippen LogP contribution in [0.2, 0.25) is 0 Å². The largest absolute Gasteiger partial charge is 0.476 e. The molecule has 0 bridgehead atoms. The first-order valence-electron chi connectivity index (χ1n) is 3.85. The Bertz CT molecular complexity index is 312. The summed E-state index contributed by atoms with van der Waals surface area (Å²) in [6.07, 6.45) is 2.80. The Balaban J connectivity index is 2.46. The van der Waals surface area contributed by atoms with Crippen molar-refractivity contribution in [1.82, 2.24) is 10.2 Å². The first-order valence-corrected chi connectivity index (χ1v) is 3.85. The van der Waals surface area contributed by atoms with Gasteiger partial charge in [0.2, 0.25) is 5.88 Å². The van der Waals surface area contributed by atoms with E-state index < -0.39 is 0 Å². The summed E-state index contributed by atoms with van der Waals surface area (Å²) in [6, 6.07) is 1.65. The summed E-state index contributed by atoms with van der Waals surface area (Å²) in [5, 5.41) is 7.38. The van der Waals surface area contributed by atoms with Crippen LogP contribution in [-0.4, -0.2) is 22.6 Å². The van der Waals surface area contributed by atoms with Crippen LogP contribution >= 0.6 is 0 Å². The molecule has 0 aromatic carbocycles. The van der Waals surface area contributed by atoms with Crippen molar-refractivity contribution in [3.05, 3.63) is 17.8 Å². The number of rotatable bonds is 0. The molecule has 12 heavy (non-hydrogen) atoms. The van der Waals surface area contributed by atoms with Gasteiger partial charge in [0.1, 0.15) is 0 Å². The van der Waals surface area contributed by atoms with Gasteiger partial charge in [-0.3, -0.25) is 4.79 Å². The molecule has 0 spiro atoms. The van der Waals surface area contributed by atoms with E-state index in [1.807, 2.05) is 0 Å². The molecule has 0 fully saturated rings. The van der Waals surface area contributed by atoms with Gasteiger partial charge < -0.3 is 4.74 Å². The maximum absolute atomic E-state index is 11.4. The molecule has 0 atom stereocenters. The Labute approximate surface area is 69.6 Å². The Morgan fingerprint density at radius 1 is 1.50 bits per heavy atom. The zero-order valence-electron chi connectivity index (χ0n) is 6.49. The van der Waals surface area contributed by atoms with Crippen molar-refractivity contribution < 1.29 is 9.53 Å². The van der Waals surface area contributed by atoms with Gasteiger partial charge in [0.15, 0.2) is 5.78 Å². The zero-order chi connectivity index (χ0) is 8.39. The highest BCUT2D eigenvalue weighted by Gasteiger charge is 2.16. The van der Waals surface area contributed by atoms with Gasteiger partial charge in [-0.2, -0.15) is 5.10 Å². The third kappa shape index (κ3) is 1.15. The SMILES string of the molecule is O=C1CCCOc2nnccc21. The van der Waals surface area contributed by atoms with E-state index in [1.165, 1.54) is 6.20 Å². The van der Waals surface area contributed by atoms with Crippen LogP contribution < -0.4 is 4.74 Å². The summed E-state index contributed by atoms with van der Waals surface area (Å²) in [7, 11) is 0. The van der Waals surface area contributed by atoms with Gasteiger partial charge in [-0.15, -0.1) is 5.10 Å². The number of fused-ring (bicyclic) bond motifs is 1. The number of carbonyl (C=O) groups is 1. The molecular formula is C8H8N2O2. The van der Waals surface area contributed by atoms with Crippen LogP contribution in [-0.2, 0) is 0 Å². The second-order valence-electron chi connectivity index (χ2n) is 2.63. The molecule has 1 aromatic heterocycles. The Morgan fingerprint density at radius 3 is 3.33 bits per heavy atom. The molecule has 1 aromatic rings. The van der Waals surface area contributed by atoms with Crippen LogP contribution in [0.4, 0.5) is 0 Å². The number of ether oxygens (including phenoxy) is 1. The van der Waals surface area contributed by atoms with E-state index in [2.05, 4.69) is 10.2 Å². The number of Topliss-reactive ketones (excluding diaryl/α,β-unsaturated/α-hetero) is 1. The highest BCUT2D eigenvalue weighted by molar-refractivity contribution is 5.98. The number of ketones is 1. The molecule has 0 radical (unpaired) electrons. The molecule has 4 nitrogen and oxygen atoms in total. The third-order valence-corrected chi connectivity index (χ3v) is 1.77. The van der Waals surface area contributed by atoms with E-state index in [-0.39, 0.29) is 5.78 Å².